The van der Waals surface area contributed by atoms with Crippen LogP contribution < -0.4 is 0 Å². The van der Waals surface area contributed by atoms with Gasteiger partial charge in [-0.05, 0) is 30.8 Å². The van der Waals surface area contributed by atoms with Crippen molar-refractivity contribution in [2.45, 2.75) is 46.0 Å². The van der Waals surface area contributed by atoms with E-state index in [-0.39, 0.29) is 0 Å². The normalized spacial score (nSPS) is 13.1. The molecule has 0 aromatic carbocycles. The second kappa shape index (κ2) is 11.4. The molecule has 0 heterocycles. The van der Waals surface area contributed by atoms with E-state index >= 15 is 0 Å². The smallest absolute Gasteiger partial charge is 0.0494 e. The quantitative estimate of drug-likeness (QED) is 0.513. The molecule has 0 aliphatic rings. The topological polar surface area (TPSA) is 9.23 Å². The summed E-state index contributed by atoms with van der Waals surface area (Å²) < 4.78 is 5.67. The largest absolute Gasteiger partial charge is 0.381 e. The molecular formula is C12H26OS. The van der Waals surface area contributed by atoms with Gasteiger partial charge in [-0.25, -0.2) is 0 Å². The molecule has 14 heavy (non-hydrogen) atoms. The summed E-state index contributed by atoms with van der Waals surface area (Å²) in [7, 11) is 0. The maximum absolute atomic E-state index is 5.67. The average molecular weight is 218 g/mol. The monoisotopic (exact) mass is 218 g/mol. The Labute approximate surface area is 94.0 Å². The van der Waals surface area contributed by atoms with Gasteiger partial charge in [0, 0.05) is 13.2 Å². The number of hydrogen-bond acceptors (Lipinski definition) is 2. The zero-order valence-corrected chi connectivity index (χ0v) is 10.9. The summed E-state index contributed by atoms with van der Waals surface area (Å²) in [5.74, 6) is 2.02. The minimum Gasteiger partial charge on any atom is -0.381 e. The second-order valence-corrected chi connectivity index (χ2v) is 4.82. The molecule has 0 aromatic rings. The maximum atomic E-state index is 5.67. The Morgan fingerprint density at radius 2 is 2.00 bits per heavy atom. The Bertz CT molecular complexity index is 106. The van der Waals surface area contributed by atoms with Crippen LogP contribution in [0, 0.1) is 5.92 Å². The standard InChI is InChI=1S/C12H26OS/c1-4-6-8-12(5-2)11-13-9-7-10-14-3/h12H,4-11H2,1-3H3. The zero-order valence-electron chi connectivity index (χ0n) is 10.1. The van der Waals surface area contributed by atoms with Crippen molar-refractivity contribution in [3.63, 3.8) is 0 Å². The Kier molecular flexibility index (Phi) is 11.6. The van der Waals surface area contributed by atoms with E-state index in [1.807, 2.05) is 11.8 Å². The molecule has 0 aliphatic carbocycles. The summed E-state index contributed by atoms with van der Waals surface area (Å²) in [6.45, 7) is 6.45. The van der Waals surface area contributed by atoms with Crippen LogP contribution in [-0.4, -0.2) is 25.2 Å². The first kappa shape index (κ1) is 14.3. The number of hydrogen-bond donors (Lipinski definition) is 0. The summed E-state index contributed by atoms with van der Waals surface area (Å²) >= 11 is 1.90. The van der Waals surface area contributed by atoms with E-state index in [0.717, 1.165) is 19.1 Å². The fourth-order valence-electron chi connectivity index (χ4n) is 1.45. The van der Waals surface area contributed by atoms with Crippen molar-refractivity contribution in [2.75, 3.05) is 25.2 Å². The van der Waals surface area contributed by atoms with Crippen molar-refractivity contribution in [2.24, 2.45) is 5.92 Å². The van der Waals surface area contributed by atoms with Gasteiger partial charge in [-0.3, -0.25) is 0 Å². The van der Waals surface area contributed by atoms with Crippen molar-refractivity contribution in [3.05, 3.63) is 0 Å². The Hall–Kier alpha value is 0.310. The van der Waals surface area contributed by atoms with Crippen molar-refractivity contribution in [1.29, 1.82) is 0 Å². The number of thioether (sulfide) groups is 1. The lowest BCUT2D eigenvalue weighted by Gasteiger charge is -2.14. The molecule has 0 aromatic heterocycles. The van der Waals surface area contributed by atoms with Gasteiger partial charge < -0.3 is 4.74 Å². The van der Waals surface area contributed by atoms with Gasteiger partial charge in [-0.1, -0.05) is 33.1 Å². The highest BCUT2D eigenvalue weighted by Crippen LogP contribution is 2.12. The van der Waals surface area contributed by atoms with E-state index < -0.39 is 0 Å². The average Bonchev–Trinajstić information content (AvgIpc) is 2.22. The van der Waals surface area contributed by atoms with Crippen LogP contribution in [0.25, 0.3) is 0 Å². The maximum Gasteiger partial charge on any atom is 0.0494 e. The molecule has 0 rings (SSSR count). The minimum absolute atomic E-state index is 0.796. The fraction of sp³-hybridized carbons (Fsp3) is 1.00. The molecule has 0 N–H and O–H groups in total. The summed E-state index contributed by atoms with van der Waals surface area (Å²) in [6.07, 6.45) is 8.62. The first-order chi connectivity index (χ1) is 6.85. The fourth-order valence-corrected chi connectivity index (χ4v) is 1.86. The molecule has 1 nitrogen and oxygen atoms in total. The molecule has 0 radical (unpaired) electrons. The third-order valence-electron chi connectivity index (χ3n) is 2.53. The molecule has 0 saturated heterocycles. The molecule has 86 valence electrons. The van der Waals surface area contributed by atoms with Gasteiger partial charge in [0.25, 0.3) is 0 Å². The summed E-state index contributed by atoms with van der Waals surface area (Å²) in [6, 6.07) is 0. The van der Waals surface area contributed by atoms with E-state index in [2.05, 4.69) is 20.1 Å². The third kappa shape index (κ3) is 8.89. The van der Waals surface area contributed by atoms with Crippen LogP contribution in [0.15, 0.2) is 0 Å². The van der Waals surface area contributed by atoms with Crippen LogP contribution in [0.3, 0.4) is 0 Å². The summed E-state index contributed by atoms with van der Waals surface area (Å²) in [4.78, 5) is 0. The van der Waals surface area contributed by atoms with Gasteiger partial charge in [-0.2, -0.15) is 11.8 Å². The van der Waals surface area contributed by atoms with E-state index in [4.69, 9.17) is 4.74 Å². The molecule has 2 heteroatoms. The molecule has 1 atom stereocenters. The first-order valence-corrected chi connectivity index (χ1v) is 7.31. The first-order valence-electron chi connectivity index (χ1n) is 5.91. The Morgan fingerprint density at radius 1 is 1.21 bits per heavy atom. The van der Waals surface area contributed by atoms with Crippen LogP contribution in [0.5, 0.6) is 0 Å². The molecule has 0 fully saturated rings. The van der Waals surface area contributed by atoms with Crippen LogP contribution >= 0.6 is 11.8 Å². The van der Waals surface area contributed by atoms with Gasteiger partial charge in [0.15, 0.2) is 0 Å². The van der Waals surface area contributed by atoms with Gasteiger partial charge >= 0.3 is 0 Å². The molecule has 0 saturated carbocycles. The number of ether oxygens (including phenoxy) is 1. The highest BCUT2D eigenvalue weighted by atomic mass is 32.2. The predicted octanol–water partition coefficient (Wildman–Crippen LogP) is 3.97. The van der Waals surface area contributed by atoms with E-state index in [1.54, 1.807) is 0 Å². The molecule has 1 unspecified atom stereocenters. The van der Waals surface area contributed by atoms with Crippen molar-refractivity contribution in [1.82, 2.24) is 0 Å². The lowest BCUT2D eigenvalue weighted by atomic mass is 10.0. The van der Waals surface area contributed by atoms with E-state index in [9.17, 15) is 0 Å². The number of unbranched alkanes of at least 4 members (excludes halogenated alkanes) is 1. The summed E-state index contributed by atoms with van der Waals surface area (Å²) in [5.41, 5.74) is 0. The van der Waals surface area contributed by atoms with Crippen LogP contribution in [0.4, 0.5) is 0 Å². The third-order valence-corrected chi connectivity index (χ3v) is 3.23. The SMILES string of the molecule is CCCCC(CC)COCCCSC. The highest BCUT2D eigenvalue weighted by Gasteiger charge is 2.05. The number of rotatable bonds is 10. The van der Waals surface area contributed by atoms with Gasteiger partial charge in [-0.15, -0.1) is 0 Å². The van der Waals surface area contributed by atoms with Gasteiger partial charge in [0.2, 0.25) is 0 Å². The van der Waals surface area contributed by atoms with Crippen molar-refractivity contribution >= 4 is 11.8 Å². The Balaban J connectivity index is 3.24. The highest BCUT2D eigenvalue weighted by molar-refractivity contribution is 7.98. The van der Waals surface area contributed by atoms with E-state index in [1.165, 1.54) is 37.9 Å². The zero-order chi connectivity index (χ0) is 10.6. The van der Waals surface area contributed by atoms with Gasteiger partial charge in [0.05, 0.1) is 0 Å². The lowest BCUT2D eigenvalue weighted by molar-refractivity contribution is 0.0950. The van der Waals surface area contributed by atoms with Crippen LogP contribution in [-0.2, 0) is 4.74 Å². The lowest BCUT2D eigenvalue weighted by Crippen LogP contribution is -2.09. The van der Waals surface area contributed by atoms with E-state index in [0.29, 0.717) is 0 Å². The van der Waals surface area contributed by atoms with Gasteiger partial charge in [0.1, 0.15) is 0 Å². The molecule has 0 bridgehead atoms. The Morgan fingerprint density at radius 3 is 2.57 bits per heavy atom. The van der Waals surface area contributed by atoms with Crippen molar-refractivity contribution < 1.29 is 4.74 Å². The van der Waals surface area contributed by atoms with Crippen LogP contribution in [0.1, 0.15) is 46.0 Å². The molecular weight excluding hydrogens is 192 g/mol. The molecule has 0 amide bonds. The predicted molar refractivity (Wildman–Crippen MR) is 67.1 cm³/mol. The molecule has 0 aliphatic heterocycles. The molecule has 0 spiro atoms. The van der Waals surface area contributed by atoms with Crippen molar-refractivity contribution in [3.8, 4) is 0 Å². The second-order valence-electron chi connectivity index (χ2n) is 3.84. The van der Waals surface area contributed by atoms with Crippen LogP contribution in [0.2, 0.25) is 0 Å². The minimum atomic E-state index is 0.796. The summed E-state index contributed by atoms with van der Waals surface area (Å²) in [5, 5.41) is 0.